The molecule has 25 heavy (non-hydrogen) atoms. The maximum absolute atomic E-state index is 12.6. The molecule has 2 saturated heterocycles. The molecule has 2 N–H and O–H groups in total. The quantitative estimate of drug-likeness (QED) is 0.858. The van der Waals surface area contributed by atoms with Crippen LogP contribution in [0.2, 0.25) is 0 Å². The third kappa shape index (κ3) is 5.25. The molecule has 5 nitrogen and oxygen atoms in total. The number of amides is 1. The molecule has 2 fully saturated rings. The zero-order valence-corrected chi connectivity index (χ0v) is 16.0. The summed E-state index contributed by atoms with van der Waals surface area (Å²) < 4.78 is 5.32. The van der Waals surface area contributed by atoms with Crippen molar-refractivity contribution in [2.75, 3.05) is 31.6 Å². The Morgan fingerprint density at radius 1 is 1.36 bits per heavy atom. The van der Waals surface area contributed by atoms with Gasteiger partial charge in [0.1, 0.15) is 5.75 Å². The van der Waals surface area contributed by atoms with Crippen molar-refractivity contribution < 1.29 is 9.53 Å². The van der Waals surface area contributed by atoms with Gasteiger partial charge in [0.05, 0.1) is 7.11 Å². The van der Waals surface area contributed by atoms with Gasteiger partial charge >= 0.3 is 0 Å². The number of ether oxygens (including phenoxy) is 1. The van der Waals surface area contributed by atoms with Crippen LogP contribution in [0.1, 0.15) is 32.6 Å². The Balaban J connectivity index is 0.00000225. The van der Waals surface area contributed by atoms with Crippen molar-refractivity contribution in [2.24, 2.45) is 5.92 Å². The van der Waals surface area contributed by atoms with E-state index in [1.807, 2.05) is 12.1 Å². The normalized spacial score (nSPS) is 26.5. The lowest BCUT2D eigenvalue weighted by molar-refractivity contribution is -0.126. The second-order valence-electron chi connectivity index (χ2n) is 7.07. The van der Waals surface area contributed by atoms with Gasteiger partial charge in [-0.3, -0.25) is 4.79 Å². The molecular formula is C19H30ClN3O2. The number of nitrogens with zero attached hydrogens (tertiary/aromatic N) is 1. The number of hydrogen-bond acceptors (Lipinski definition) is 4. The lowest BCUT2D eigenvalue weighted by atomic mass is 9.92. The molecule has 3 atom stereocenters. The van der Waals surface area contributed by atoms with Gasteiger partial charge < -0.3 is 20.3 Å². The summed E-state index contributed by atoms with van der Waals surface area (Å²) in [4.78, 5) is 14.9. The highest BCUT2D eigenvalue weighted by Gasteiger charge is 2.28. The van der Waals surface area contributed by atoms with Gasteiger partial charge in [0.2, 0.25) is 5.91 Å². The number of methoxy groups -OCH3 is 1. The van der Waals surface area contributed by atoms with Gasteiger partial charge in [0, 0.05) is 42.8 Å². The predicted octanol–water partition coefficient (Wildman–Crippen LogP) is 2.59. The summed E-state index contributed by atoms with van der Waals surface area (Å²) >= 11 is 0. The van der Waals surface area contributed by atoms with E-state index in [-0.39, 0.29) is 30.3 Å². The number of benzene rings is 1. The summed E-state index contributed by atoms with van der Waals surface area (Å²) in [5.41, 5.74) is 1.17. The average molecular weight is 368 g/mol. The molecule has 3 rings (SSSR count). The van der Waals surface area contributed by atoms with Crippen LogP contribution in [0, 0.1) is 5.92 Å². The zero-order valence-electron chi connectivity index (χ0n) is 15.2. The first-order chi connectivity index (χ1) is 11.7. The van der Waals surface area contributed by atoms with Gasteiger partial charge in [-0.1, -0.05) is 6.07 Å². The molecule has 140 valence electrons. The Morgan fingerprint density at radius 2 is 2.20 bits per heavy atom. The number of carbonyl (C=O) groups is 1. The predicted molar refractivity (Wildman–Crippen MR) is 104 cm³/mol. The van der Waals surface area contributed by atoms with Crippen LogP contribution in [-0.4, -0.2) is 44.7 Å². The van der Waals surface area contributed by atoms with Gasteiger partial charge in [0.15, 0.2) is 0 Å². The zero-order chi connectivity index (χ0) is 16.9. The molecule has 6 heteroatoms. The van der Waals surface area contributed by atoms with E-state index >= 15 is 0 Å². The third-order valence-electron chi connectivity index (χ3n) is 5.18. The van der Waals surface area contributed by atoms with Crippen molar-refractivity contribution in [1.82, 2.24) is 10.6 Å². The van der Waals surface area contributed by atoms with E-state index < -0.39 is 0 Å². The summed E-state index contributed by atoms with van der Waals surface area (Å²) in [5.74, 6) is 1.27. The molecule has 0 aliphatic carbocycles. The first-order valence-corrected chi connectivity index (χ1v) is 9.08. The molecule has 1 amide bonds. The minimum absolute atomic E-state index is 0. The maximum Gasteiger partial charge on any atom is 0.223 e. The fourth-order valence-corrected chi connectivity index (χ4v) is 3.83. The van der Waals surface area contributed by atoms with Gasteiger partial charge in [0.25, 0.3) is 0 Å². The van der Waals surface area contributed by atoms with E-state index in [2.05, 4.69) is 34.6 Å². The van der Waals surface area contributed by atoms with E-state index in [1.165, 1.54) is 5.69 Å². The average Bonchev–Trinajstić information content (AvgIpc) is 2.62. The molecule has 1 unspecified atom stereocenters. The second-order valence-corrected chi connectivity index (χ2v) is 7.07. The number of carbonyl (C=O) groups excluding carboxylic acids is 1. The molecule has 1 aromatic carbocycles. The Hall–Kier alpha value is -1.46. The first kappa shape index (κ1) is 19.9. The van der Waals surface area contributed by atoms with Crippen LogP contribution in [0.25, 0.3) is 0 Å². The molecule has 2 aliphatic heterocycles. The number of halogens is 1. The second kappa shape index (κ2) is 9.30. The number of anilines is 1. The molecule has 0 bridgehead atoms. The lowest BCUT2D eigenvalue weighted by Gasteiger charge is -2.36. The smallest absolute Gasteiger partial charge is 0.223 e. The van der Waals surface area contributed by atoms with Crippen molar-refractivity contribution in [3.8, 4) is 5.75 Å². The van der Waals surface area contributed by atoms with E-state index in [1.54, 1.807) is 7.11 Å². The van der Waals surface area contributed by atoms with Crippen LogP contribution >= 0.6 is 12.4 Å². The Bertz CT molecular complexity index is 569. The maximum atomic E-state index is 12.6. The highest BCUT2D eigenvalue weighted by molar-refractivity contribution is 5.85. The molecule has 2 heterocycles. The Kier molecular flexibility index (Phi) is 7.38. The number of piperidine rings is 2. The number of hydrogen-bond donors (Lipinski definition) is 2. The van der Waals surface area contributed by atoms with E-state index in [9.17, 15) is 4.79 Å². The third-order valence-corrected chi connectivity index (χ3v) is 5.18. The van der Waals surface area contributed by atoms with E-state index in [4.69, 9.17) is 4.74 Å². The first-order valence-electron chi connectivity index (χ1n) is 9.08. The van der Waals surface area contributed by atoms with Crippen molar-refractivity contribution in [2.45, 2.75) is 44.7 Å². The van der Waals surface area contributed by atoms with E-state index in [0.29, 0.717) is 6.04 Å². The summed E-state index contributed by atoms with van der Waals surface area (Å²) in [5, 5.41) is 6.71. The lowest BCUT2D eigenvalue weighted by Crippen LogP contribution is -2.51. The highest BCUT2D eigenvalue weighted by atomic mass is 35.5. The molecule has 0 saturated carbocycles. The molecule has 0 radical (unpaired) electrons. The van der Waals surface area contributed by atoms with Crippen molar-refractivity contribution >= 4 is 24.0 Å². The van der Waals surface area contributed by atoms with Crippen molar-refractivity contribution in [1.29, 1.82) is 0 Å². The minimum atomic E-state index is 0. The monoisotopic (exact) mass is 367 g/mol. The van der Waals surface area contributed by atoms with Crippen LogP contribution in [0.15, 0.2) is 24.3 Å². The van der Waals surface area contributed by atoms with Gasteiger partial charge in [-0.2, -0.15) is 0 Å². The number of rotatable bonds is 4. The van der Waals surface area contributed by atoms with Crippen LogP contribution in [0.5, 0.6) is 5.75 Å². The summed E-state index contributed by atoms with van der Waals surface area (Å²) in [6.45, 7) is 5.01. The van der Waals surface area contributed by atoms with Gasteiger partial charge in [-0.05, 0) is 51.3 Å². The summed E-state index contributed by atoms with van der Waals surface area (Å²) in [6, 6.07) is 8.84. The Labute approximate surface area is 156 Å². The standard InChI is InChI=1S/C19H29N3O2.ClH/c1-14-11-15(8-9-20-14)19(23)21-16-5-4-10-22(13-16)17-6-3-7-18(12-17)24-2;/h3,6-7,12,14-16,20H,4-5,8-11,13H2,1-2H3,(H,21,23);1H/t14-,15-,16?;/m0./s1. The molecule has 0 aromatic heterocycles. The van der Waals surface area contributed by atoms with Crippen LogP contribution in [-0.2, 0) is 4.79 Å². The summed E-state index contributed by atoms with van der Waals surface area (Å²) in [6.07, 6.45) is 4.05. The highest BCUT2D eigenvalue weighted by Crippen LogP contribution is 2.24. The SMILES string of the molecule is COc1cccc(N2CCCC(NC(=O)[C@H]3CCN[C@@H](C)C3)C2)c1.Cl. The number of nitrogens with one attached hydrogen (secondary N) is 2. The topological polar surface area (TPSA) is 53.6 Å². The van der Waals surface area contributed by atoms with Gasteiger partial charge in [-0.25, -0.2) is 0 Å². The summed E-state index contributed by atoms with van der Waals surface area (Å²) in [7, 11) is 1.69. The minimum Gasteiger partial charge on any atom is -0.497 e. The van der Waals surface area contributed by atoms with Crippen LogP contribution < -0.4 is 20.3 Å². The molecular weight excluding hydrogens is 338 g/mol. The fourth-order valence-electron chi connectivity index (χ4n) is 3.83. The molecule has 2 aliphatic rings. The van der Waals surface area contributed by atoms with Gasteiger partial charge in [-0.15, -0.1) is 12.4 Å². The van der Waals surface area contributed by atoms with Crippen LogP contribution in [0.4, 0.5) is 5.69 Å². The van der Waals surface area contributed by atoms with Crippen molar-refractivity contribution in [3.63, 3.8) is 0 Å². The Morgan fingerprint density at radius 3 is 2.96 bits per heavy atom. The van der Waals surface area contributed by atoms with Crippen molar-refractivity contribution in [3.05, 3.63) is 24.3 Å². The van der Waals surface area contributed by atoms with E-state index in [0.717, 1.165) is 51.1 Å². The largest absolute Gasteiger partial charge is 0.497 e. The molecule has 1 aromatic rings. The van der Waals surface area contributed by atoms with Crippen LogP contribution in [0.3, 0.4) is 0 Å². The fraction of sp³-hybridized carbons (Fsp3) is 0.632. The molecule has 0 spiro atoms.